The Morgan fingerprint density at radius 1 is 1.23 bits per heavy atom. The molecule has 0 radical (unpaired) electrons. The third-order valence-corrected chi connectivity index (χ3v) is 4.88. The first-order chi connectivity index (χ1) is 10.6. The molecule has 0 bridgehead atoms. The normalized spacial score (nSPS) is 16.9. The van der Waals surface area contributed by atoms with E-state index in [2.05, 4.69) is 54.9 Å². The number of nitrogens with zero attached hydrogens (tertiary/aromatic N) is 1. The van der Waals surface area contributed by atoms with Gasteiger partial charge >= 0.3 is 0 Å². The van der Waals surface area contributed by atoms with Gasteiger partial charge in [-0.3, -0.25) is 0 Å². The van der Waals surface area contributed by atoms with Crippen molar-refractivity contribution in [2.75, 3.05) is 32.0 Å². The van der Waals surface area contributed by atoms with Gasteiger partial charge in [-0.25, -0.2) is 0 Å². The summed E-state index contributed by atoms with van der Waals surface area (Å²) in [7, 11) is 1.96. The van der Waals surface area contributed by atoms with Crippen molar-refractivity contribution < 1.29 is 0 Å². The van der Waals surface area contributed by atoms with Gasteiger partial charge in [0.05, 0.1) is 0 Å². The zero-order valence-corrected chi connectivity index (χ0v) is 14.6. The summed E-state index contributed by atoms with van der Waals surface area (Å²) in [6.07, 6.45) is 5.21. The average molecular weight is 300 g/mol. The molecule has 1 aliphatic rings. The molecule has 0 atom stereocenters. The highest BCUT2D eigenvalue weighted by atomic mass is 15.1. The molecule has 1 heterocycles. The Balaban J connectivity index is 1.79. The molecule has 0 aliphatic carbocycles. The number of hydrogen-bond donors (Lipinski definition) is 1. The molecule has 0 unspecified atom stereocenters. The average Bonchev–Trinajstić information content (AvgIpc) is 2.54. The van der Waals surface area contributed by atoms with Crippen LogP contribution in [0.15, 0.2) is 30.8 Å². The number of anilines is 1. The molecule has 1 aliphatic heterocycles. The summed E-state index contributed by atoms with van der Waals surface area (Å²) in [6, 6.07) is 8.68. The fraction of sp³-hybridized carbons (Fsp3) is 0.600. The molecule has 1 saturated heterocycles. The number of allylic oxidation sites excluding steroid dienone is 1. The topological polar surface area (TPSA) is 15.3 Å². The van der Waals surface area contributed by atoms with E-state index in [9.17, 15) is 0 Å². The molecule has 2 rings (SSSR count). The first kappa shape index (κ1) is 17.1. The molecule has 0 amide bonds. The number of likely N-dealkylation sites (tertiary alicyclic amines) is 1. The summed E-state index contributed by atoms with van der Waals surface area (Å²) in [5.74, 6) is 1.49. The molecular formula is C20H32N2. The predicted octanol–water partition coefficient (Wildman–Crippen LogP) is 4.89. The van der Waals surface area contributed by atoms with Gasteiger partial charge < -0.3 is 10.2 Å². The molecule has 22 heavy (non-hydrogen) atoms. The van der Waals surface area contributed by atoms with E-state index in [4.69, 9.17) is 0 Å². The standard InChI is InChI=1S/C20H32N2/c1-16(2)6-5-13-22-14-11-19(12-15-22)17(3)18-7-9-20(21-4)10-8-18/h7-10,16,19,21H,3,5-6,11-15H2,1-2,4H3. The van der Waals surface area contributed by atoms with E-state index < -0.39 is 0 Å². The Bertz CT molecular complexity index is 453. The van der Waals surface area contributed by atoms with Gasteiger partial charge in [0.1, 0.15) is 0 Å². The van der Waals surface area contributed by atoms with Gasteiger partial charge in [-0.1, -0.05) is 32.6 Å². The van der Waals surface area contributed by atoms with Crippen LogP contribution in [0.4, 0.5) is 5.69 Å². The van der Waals surface area contributed by atoms with E-state index in [1.165, 1.54) is 56.5 Å². The van der Waals surface area contributed by atoms with Crippen LogP contribution >= 0.6 is 0 Å². The molecule has 122 valence electrons. The number of nitrogens with one attached hydrogen (secondary N) is 1. The lowest BCUT2D eigenvalue weighted by Gasteiger charge is -2.33. The Hall–Kier alpha value is -1.28. The smallest absolute Gasteiger partial charge is 0.0337 e. The summed E-state index contributed by atoms with van der Waals surface area (Å²) in [4.78, 5) is 2.64. The van der Waals surface area contributed by atoms with Gasteiger partial charge in [0.15, 0.2) is 0 Å². The van der Waals surface area contributed by atoms with Gasteiger partial charge in [-0.2, -0.15) is 0 Å². The Kier molecular flexibility index (Phi) is 6.50. The van der Waals surface area contributed by atoms with Crippen molar-refractivity contribution in [3.63, 3.8) is 0 Å². The van der Waals surface area contributed by atoms with Crippen molar-refractivity contribution in [2.45, 2.75) is 39.5 Å². The van der Waals surface area contributed by atoms with E-state index in [1.807, 2.05) is 7.05 Å². The van der Waals surface area contributed by atoms with Crippen molar-refractivity contribution >= 4 is 11.3 Å². The molecule has 2 heteroatoms. The summed E-state index contributed by atoms with van der Waals surface area (Å²) in [5, 5.41) is 3.17. The molecule has 2 nitrogen and oxygen atoms in total. The van der Waals surface area contributed by atoms with Crippen molar-refractivity contribution in [1.82, 2.24) is 4.90 Å². The Morgan fingerprint density at radius 3 is 2.41 bits per heavy atom. The Labute approximate surface area is 136 Å². The second-order valence-corrected chi connectivity index (χ2v) is 7.00. The summed E-state index contributed by atoms with van der Waals surface area (Å²) in [5.41, 5.74) is 3.79. The zero-order chi connectivity index (χ0) is 15.9. The van der Waals surface area contributed by atoms with Crippen LogP contribution in [0.1, 0.15) is 45.1 Å². The molecule has 1 aromatic rings. The molecule has 1 N–H and O–H groups in total. The number of piperidine rings is 1. The van der Waals surface area contributed by atoms with Gasteiger partial charge in [-0.15, -0.1) is 0 Å². The first-order valence-electron chi connectivity index (χ1n) is 8.79. The first-order valence-corrected chi connectivity index (χ1v) is 8.79. The second kappa shape index (κ2) is 8.38. The minimum Gasteiger partial charge on any atom is -0.388 e. The van der Waals surface area contributed by atoms with Crippen LogP contribution in [0.5, 0.6) is 0 Å². The maximum atomic E-state index is 4.38. The third-order valence-electron chi connectivity index (χ3n) is 4.88. The third kappa shape index (κ3) is 4.88. The fourth-order valence-electron chi connectivity index (χ4n) is 3.31. The highest BCUT2D eigenvalue weighted by Crippen LogP contribution is 2.31. The van der Waals surface area contributed by atoms with Crippen LogP contribution in [0.25, 0.3) is 5.57 Å². The highest BCUT2D eigenvalue weighted by Gasteiger charge is 2.21. The van der Waals surface area contributed by atoms with E-state index in [0.29, 0.717) is 5.92 Å². The van der Waals surface area contributed by atoms with Crippen LogP contribution < -0.4 is 5.32 Å². The van der Waals surface area contributed by atoms with Crippen molar-refractivity contribution in [3.8, 4) is 0 Å². The van der Waals surface area contributed by atoms with Gasteiger partial charge in [0.2, 0.25) is 0 Å². The van der Waals surface area contributed by atoms with Crippen LogP contribution in [0, 0.1) is 11.8 Å². The van der Waals surface area contributed by atoms with Crippen LogP contribution in [-0.4, -0.2) is 31.6 Å². The minimum absolute atomic E-state index is 0.654. The highest BCUT2D eigenvalue weighted by molar-refractivity contribution is 5.67. The predicted molar refractivity (Wildman–Crippen MR) is 98.3 cm³/mol. The molecular weight excluding hydrogens is 268 g/mol. The number of rotatable bonds is 7. The molecule has 0 aromatic heterocycles. The quantitative estimate of drug-likeness (QED) is 0.771. The number of benzene rings is 1. The maximum Gasteiger partial charge on any atom is 0.0337 e. The lowest BCUT2D eigenvalue weighted by molar-refractivity contribution is 0.200. The van der Waals surface area contributed by atoms with Gasteiger partial charge in [0.25, 0.3) is 0 Å². The van der Waals surface area contributed by atoms with Crippen LogP contribution in [0.2, 0.25) is 0 Å². The Morgan fingerprint density at radius 2 is 1.86 bits per heavy atom. The van der Waals surface area contributed by atoms with Gasteiger partial charge in [0, 0.05) is 12.7 Å². The summed E-state index contributed by atoms with van der Waals surface area (Å²) in [6.45, 7) is 12.7. The monoisotopic (exact) mass is 300 g/mol. The number of hydrogen-bond acceptors (Lipinski definition) is 2. The molecule has 0 spiro atoms. The zero-order valence-electron chi connectivity index (χ0n) is 14.6. The minimum atomic E-state index is 0.654. The van der Waals surface area contributed by atoms with E-state index in [1.54, 1.807) is 0 Å². The van der Waals surface area contributed by atoms with Crippen LogP contribution in [0.3, 0.4) is 0 Å². The SMILES string of the molecule is C=C(c1ccc(NC)cc1)C1CCN(CCCC(C)C)CC1. The fourth-order valence-corrected chi connectivity index (χ4v) is 3.31. The van der Waals surface area contributed by atoms with Crippen molar-refractivity contribution in [3.05, 3.63) is 36.4 Å². The van der Waals surface area contributed by atoms with Gasteiger partial charge in [-0.05, 0) is 80.4 Å². The lowest BCUT2D eigenvalue weighted by Crippen LogP contribution is -2.34. The molecule has 0 saturated carbocycles. The summed E-state index contributed by atoms with van der Waals surface area (Å²) >= 11 is 0. The largest absolute Gasteiger partial charge is 0.388 e. The molecule has 1 aromatic carbocycles. The van der Waals surface area contributed by atoms with Crippen molar-refractivity contribution in [1.29, 1.82) is 0 Å². The maximum absolute atomic E-state index is 4.38. The lowest BCUT2D eigenvalue weighted by atomic mass is 9.86. The van der Waals surface area contributed by atoms with E-state index in [0.717, 1.165) is 11.6 Å². The molecule has 1 fully saturated rings. The van der Waals surface area contributed by atoms with Crippen LogP contribution in [-0.2, 0) is 0 Å². The second-order valence-electron chi connectivity index (χ2n) is 7.00. The summed E-state index contributed by atoms with van der Waals surface area (Å²) < 4.78 is 0. The van der Waals surface area contributed by atoms with E-state index >= 15 is 0 Å². The van der Waals surface area contributed by atoms with E-state index in [-0.39, 0.29) is 0 Å². The van der Waals surface area contributed by atoms with Crippen molar-refractivity contribution in [2.24, 2.45) is 11.8 Å².